The second kappa shape index (κ2) is 4.41. The number of benzene rings is 1. The van der Waals surface area contributed by atoms with Crippen LogP contribution in [0, 0.1) is 0 Å². The van der Waals surface area contributed by atoms with Crippen molar-refractivity contribution in [2.24, 2.45) is 0 Å². The van der Waals surface area contributed by atoms with E-state index in [4.69, 9.17) is 4.74 Å². The van der Waals surface area contributed by atoms with E-state index < -0.39 is 0 Å². The zero-order valence-electron chi connectivity index (χ0n) is 10.4. The van der Waals surface area contributed by atoms with Gasteiger partial charge in [0.15, 0.2) is 0 Å². The van der Waals surface area contributed by atoms with Crippen molar-refractivity contribution in [2.75, 3.05) is 6.61 Å². The Morgan fingerprint density at radius 1 is 1.33 bits per heavy atom. The van der Waals surface area contributed by atoms with Crippen molar-refractivity contribution in [2.45, 2.75) is 26.2 Å². The molecular weight excluding hydrogens is 226 g/mol. The summed E-state index contributed by atoms with van der Waals surface area (Å²) in [6.45, 7) is 2.24. The minimum atomic E-state index is -0.214. The predicted octanol–water partition coefficient (Wildman–Crippen LogP) is 2.90. The van der Waals surface area contributed by atoms with Gasteiger partial charge in [-0.1, -0.05) is 18.2 Å². The number of ether oxygens (including phenoxy) is 1. The summed E-state index contributed by atoms with van der Waals surface area (Å²) in [5, 5.41) is 0.914. The molecule has 3 heteroatoms. The number of carbonyl (C=O) groups excluding carboxylic acids is 1. The van der Waals surface area contributed by atoms with Gasteiger partial charge >= 0.3 is 5.97 Å². The lowest BCUT2D eigenvalue weighted by molar-refractivity contribution is 0.0527. The first-order valence-corrected chi connectivity index (χ1v) is 6.39. The highest BCUT2D eigenvalue weighted by Crippen LogP contribution is 2.30. The number of carbonyl (C=O) groups is 1. The monoisotopic (exact) mass is 241 g/mol. The molecule has 1 aromatic carbocycles. The summed E-state index contributed by atoms with van der Waals surface area (Å²) < 4.78 is 5.19. The third-order valence-corrected chi connectivity index (χ3v) is 3.40. The number of nitrogens with zero attached hydrogens (tertiary/aromatic N) is 1. The molecule has 0 fully saturated rings. The van der Waals surface area contributed by atoms with Gasteiger partial charge in [0.25, 0.3) is 0 Å². The normalized spacial score (nSPS) is 13.6. The maximum absolute atomic E-state index is 12.2. The summed E-state index contributed by atoms with van der Waals surface area (Å²) >= 11 is 0. The van der Waals surface area contributed by atoms with Crippen molar-refractivity contribution in [3.8, 4) is 0 Å². The fourth-order valence-corrected chi connectivity index (χ4v) is 2.65. The van der Waals surface area contributed by atoms with Crippen LogP contribution in [0.4, 0.5) is 0 Å². The summed E-state index contributed by atoms with van der Waals surface area (Å²) in [4.78, 5) is 16.8. The molecule has 1 heterocycles. The molecule has 92 valence electrons. The van der Waals surface area contributed by atoms with Crippen LogP contribution in [0.3, 0.4) is 0 Å². The molecule has 3 rings (SSSR count). The van der Waals surface area contributed by atoms with Crippen LogP contribution in [0.25, 0.3) is 10.9 Å². The third-order valence-electron chi connectivity index (χ3n) is 3.40. The van der Waals surface area contributed by atoms with Crippen molar-refractivity contribution in [1.29, 1.82) is 0 Å². The minimum Gasteiger partial charge on any atom is -0.462 e. The fraction of sp³-hybridized carbons (Fsp3) is 0.333. The topological polar surface area (TPSA) is 39.2 Å². The van der Waals surface area contributed by atoms with Crippen LogP contribution >= 0.6 is 0 Å². The van der Waals surface area contributed by atoms with E-state index in [0.29, 0.717) is 6.61 Å². The van der Waals surface area contributed by atoms with Gasteiger partial charge in [-0.25, -0.2) is 4.79 Å². The Morgan fingerprint density at radius 3 is 3.00 bits per heavy atom. The summed E-state index contributed by atoms with van der Waals surface area (Å²) in [6.07, 6.45) is 2.97. The molecule has 0 amide bonds. The van der Waals surface area contributed by atoms with Crippen molar-refractivity contribution >= 4 is 16.9 Å². The van der Waals surface area contributed by atoms with Crippen LogP contribution in [-0.2, 0) is 17.6 Å². The number of rotatable bonds is 2. The van der Waals surface area contributed by atoms with E-state index in [9.17, 15) is 4.79 Å². The van der Waals surface area contributed by atoms with Gasteiger partial charge in [0.1, 0.15) is 0 Å². The molecule has 0 radical (unpaired) electrons. The number of pyridine rings is 1. The maximum Gasteiger partial charge on any atom is 0.339 e. The van der Waals surface area contributed by atoms with Crippen molar-refractivity contribution in [3.63, 3.8) is 0 Å². The average molecular weight is 241 g/mol. The standard InChI is InChI=1S/C15H15NO2/c1-2-18-15(17)14-10-6-3-4-8-12(10)16-13-9-5-7-11(13)14/h3-4,6,8H,2,5,7,9H2,1H3. The van der Waals surface area contributed by atoms with Crippen LogP contribution in [0.15, 0.2) is 24.3 Å². The molecule has 1 aliphatic carbocycles. The molecule has 0 spiro atoms. The Balaban J connectivity index is 2.29. The van der Waals surface area contributed by atoms with Crippen LogP contribution < -0.4 is 0 Å². The van der Waals surface area contributed by atoms with Crippen LogP contribution in [-0.4, -0.2) is 17.6 Å². The highest BCUT2D eigenvalue weighted by Gasteiger charge is 2.24. The van der Waals surface area contributed by atoms with Crippen molar-refractivity contribution < 1.29 is 9.53 Å². The predicted molar refractivity (Wildman–Crippen MR) is 69.7 cm³/mol. The highest BCUT2D eigenvalue weighted by molar-refractivity contribution is 6.05. The maximum atomic E-state index is 12.2. The van der Waals surface area contributed by atoms with Gasteiger partial charge in [0, 0.05) is 11.1 Å². The Kier molecular flexibility index (Phi) is 2.74. The molecule has 0 aliphatic heterocycles. The highest BCUT2D eigenvalue weighted by atomic mass is 16.5. The fourth-order valence-electron chi connectivity index (χ4n) is 2.65. The van der Waals surface area contributed by atoms with E-state index in [1.165, 1.54) is 0 Å². The molecule has 0 saturated heterocycles. The minimum absolute atomic E-state index is 0.214. The molecule has 0 N–H and O–H groups in total. The first-order chi connectivity index (χ1) is 8.81. The van der Waals surface area contributed by atoms with Crippen LogP contribution in [0.1, 0.15) is 35.0 Å². The van der Waals surface area contributed by atoms with Gasteiger partial charge in [-0.15, -0.1) is 0 Å². The lowest BCUT2D eigenvalue weighted by Gasteiger charge is -2.11. The second-order valence-corrected chi connectivity index (χ2v) is 4.50. The lowest BCUT2D eigenvalue weighted by atomic mass is 10.0. The molecule has 0 bridgehead atoms. The van der Waals surface area contributed by atoms with Gasteiger partial charge in [0.05, 0.1) is 17.7 Å². The van der Waals surface area contributed by atoms with E-state index >= 15 is 0 Å². The molecule has 2 aromatic rings. The summed E-state index contributed by atoms with van der Waals surface area (Å²) in [7, 11) is 0. The summed E-state index contributed by atoms with van der Waals surface area (Å²) in [5.74, 6) is -0.214. The van der Waals surface area contributed by atoms with Gasteiger partial charge in [0.2, 0.25) is 0 Å². The van der Waals surface area contributed by atoms with E-state index in [-0.39, 0.29) is 5.97 Å². The van der Waals surface area contributed by atoms with Gasteiger partial charge in [-0.2, -0.15) is 0 Å². The Labute approximate surface area is 106 Å². The summed E-state index contributed by atoms with van der Waals surface area (Å²) in [5.41, 5.74) is 3.78. The molecule has 0 atom stereocenters. The lowest BCUT2D eigenvalue weighted by Crippen LogP contribution is -2.10. The molecule has 1 aromatic heterocycles. The average Bonchev–Trinajstić information content (AvgIpc) is 2.83. The molecule has 0 saturated carbocycles. The van der Waals surface area contributed by atoms with Gasteiger partial charge < -0.3 is 4.74 Å². The van der Waals surface area contributed by atoms with Crippen molar-refractivity contribution in [1.82, 2.24) is 4.98 Å². The SMILES string of the molecule is CCOC(=O)c1c2c(nc3ccccc13)CCC2. The number of hydrogen-bond donors (Lipinski definition) is 0. The third kappa shape index (κ3) is 1.67. The number of esters is 1. The number of hydrogen-bond acceptors (Lipinski definition) is 3. The van der Waals surface area contributed by atoms with E-state index in [1.54, 1.807) is 0 Å². The number of fused-ring (bicyclic) bond motifs is 2. The molecule has 3 nitrogen and oxygen atoms in total. The van der Waals surface area contributed by atoms with E-state index in [0.717, 1.165) is 47.0 Å². The van der Waals surface area contributed by atoms with Crippen LogP contribution in [0.2, 0.25) is 0 Å². The van der Waals surface area contributed by atoms with Gasteiger partial charge in [-0.05, 0) is 37.8 Å². The smallest absolute Gasteiger partial charge is 0.339 e. The first-order valence-electron chi connectivity index (χ1n) is 6.39. The largest absolute Gasteiger partial charge is 0.462 e. The molecule has 0 unspecified atom stereocenters. The zero-order valence-corrected chi connectivity index (χ0v) is 10.4. The Hall–Kier alpha value is -1.90. The van der Waals surface area contributed by atoms with E-state index in [2.05, 4.69) is 4.98 Å². The number of aryl methyl sites for hydroxylation is 1. The number of aromatic nitrogens is 1. The molecule has 18 heavy (non-hydrogen) atoms. The Morgan fingerprint density at radius 2 is 2.17 bits per heavy atom. The molecular formula is C15H15NO2. The second-order valence-electron chi connectivity index (χ2n) is 4.50. The Bertz CT molecular complexity index is 619. The first kappa shape index (κ1) is 11.2. The zero-order chi connectivity index (χ0) is 12.5. The van der Waals surface area contributed by atoms with Crippen LogP contribution in [0.5, 0.6) is 0 Å². The number of para-hydroxylation sites is 1. The van der Waals surface area contributed by atoms with E-state index in [1.807, 2.05) is 31.2 Å². The van der Waals surface area contributed by atoms with Gasteiger partial charge in [-0.3, -0.25) is 4.98 Å². The summed E-state index contributed by atoms with van der Waals surface area (Å²) in [6, 6.07) is 7.80. The van der Waals surface area contributed by atoms with Crippen molar-refractivity contribution in [3.05, 3.63) is 41.1 Å². The molecule has 1 aliphatic rings. The quantitative estimate of drug-likeness (QED) is 0.759.